The summed E-state index contributed by atoms with van der Waals surface area (Å²) in [4.78, 5) is 12.8. The lowest BCUT2D eigenvalue weighted by Crippen LogP contribution is -2.24. The van der Waals surface area contributed by atoms with Gasteiger partial charge in [0.1, 0.15) is 11.9 Å². The summed E-state index contributed by atoms with van der Waals surface area (Å²) in [7, 11) is 0. The van der Waals surface area contributed by atoms with Crippen LogP contribution in [0.25, 0.3) is 0 Å². The summed E-state index contributed by atoms with van der Waals surface area (Å²) in [6, 6.07) is 5.91. The standard InChI is InChI=1S/C11H8ClFN2O2/c12-9-5-7(1-2-10(9)13)15-6-8(3-4-14)17-11(15)16/h1-2,5,8H,3,6H2. The fourth-order valence-corrected chi connectivity index (χ4v) is 1.77. The number of hydrogen-bond acceptors (Lipinski definition) is 3. The number of benzene rings is 1. The highest BCUT2D eigenvalue weighted by atomic mass is 35.5. The van der Waals surface area contributed by atoms with Crippen molar-refractivity contribution in [1.82, 2.24) is 0 Å². The van der Waals surface area contributed by atoms with E-state index in [2.05, 4.69) is 0 Å². The van der Waals surface area contributed by atoms with Crippen LogP contribution in [0.5, 0.6) is 0 Å². The lowest BCUT2D eigenvalue weighted by molar-refractivity contribution is 0.143. The van der Waals surface area contributed by atoms with Crippen LogP contribution in [-0.2, 0) is 4.74 Å². The van der Waals surface area contributed by atoms with Gasteiger partial charge in [-0.2, -0.15) is 5.26 Å². The van der Waals surface area contributed by atoms with Gasteiger partial charge in [0, 0.05) is 5.69 Å². The molecule has 6 heteroatoms. The van der Waals surface area contributed by atoms with Crippen molar-refractivity contribution in [3.63, 3.8) is 0 Å². The molecule has 0 aromatic heterocycles. The van der Waals surface area contributed by atoms with Crippen LogP contribution in [0.1, 0.15) is 6.42 Å². The van der Waals surface area contributed by atoms with Crippen molar-refractivity contribution in [3.05, 3.63) is 29.0 Å². The third-order valence-electron chi connectivity index (χ3n) is 2.41. The van der Waals surface area contributed by atoms with Gasteiger partial charge in [0.2, 0.25) is 0 Å². The summed E-state index contributed by atoms with van der Waals surface area (Å²) in [6.07, 6.45) is -0.860. The predicted molar refractivity (Wildman–Crippen MR) is 59.3 cm³/mol. The number of rotatable bonds is 2. The summed E-state index contributed by atoms with van der Waals surface area (Å²) in [6.45, 7) is 0.272. The third-order valence-corrected chi connectivity index (χ3v) is 2.70. The largest absolute Gasteiger partial charge is 0.443 e. The van der Waals surface area contributed by atoms with E-state index >= 15 is 0 Å². The quantitative estimate of drug-likeness (QED) is 0.815. The van der Waals surface area contributed by atoms with E-state index < -0.39 is 18.0 Å². The number of hydrogen-bond donors (Lipinski definition) is 0. The summed E-state index contributed by atoms with van der Waals surface area (Å²) in [5, 5.41) is 8.46. The highest BCUT2D eigenvalue weighted by molar-refractivity contribution is 6.31. The summed E-state index contributed by atoms with van der Waals surface area (Å²) < 4.78 is 17.9. The molecule has 1 fully saturated rings. The molecule has 1 heterocycles. The third kappa shape index (κ3) is 2.32. The van der Waals surface area contributed by atoms with Crippen LogP contribution < -0.4 is 4.90 Å². The minimum Gasteiger partial charge on any atom is -0.443 e. The predicted octanol–water partition coefficient (Wildman–Crippen LogP) is 2.72. The molecule has 1 aromatic rings. The van der Waals surface area contributed by atoms with Gasteiger partial charge in [0.05, 0.1) is 24.1 Å². The second-order valence-corrected chi connectivity index (χ2v) is 3.98. The molecule has 1 aromatic carbocycles. The maximum atomic E-state index is 13.0. The maximum absolute atomic E-state index is 13.0. The van der Waals surface area contributed by atoms with Gasteiger partial charge in [-0.1, -0.05) is 11.6 Å². The van der Waals surface area contributed by atoms with Crippen LogP contribution >= 0.6 is 11.6 Å². The molecule has 4 nitrogen and oxygen atoms in total. The highest BCUT2D eigenvalue weighted by Gasteiger charge is 2.32. The molecular formula is C11H8ClFN2O2. The molecule has 0 spiro atoms. The Bertz CT molecular complexity index is 501. The Balaban J connectivity index is 2.20. The molecule has 0 N–H and O–H groups in total. The molecule has 88 valence electrons. The number of nitriles is 1. The van der Waals surface area contributed by atoms with Gasteiger partial charge < -0.3 is 4.74 Å². The minimum atomic E-state index is -0.548. The van der Waals surface area contributed by atoms with E-state index in [1.807, 2.05) is 6.07 Å². The van der Waals surface area contributed by atoms with Crippen LogP contribution in [0, 0.1) is 17.1 Å². The molecule has 0 bridgehead atoms. The summed E-state index contributed by atoms with van der Waals surface area (Å²) >= 11 is 5.63. The number of nitrogens with zero attached hydrogens (tertiary/aromatic N) is 2. The molecule has 0 aliphatic carbocycles. The van der Waals surface area contributed by atoms with Gasteiger partial charge >= 0.3 is 6.09 Å². The summed E-state index contributed by atoms with van der Waals surface area (Å²) in [5.41, 5.74) is 0.460. The van der Waals surface area contributed by atoms with Gasteiger partial charge in [-0.25, -0.2) is 9.18 Å². The van der Waals surface area contributed by atoms with E-state index in [0.717, 1.165) is 0 Å². The lowest BCUT2D eigenvalue weighted by atomic mass is 10.2. The smallest absolute Gasteiger partial charge is 0.414 e. The van der Waals surface area contributed by atoms with Gasteiger partial charge in [-0.05, 0) is 18.2 Å². The van der Waals surface area contributed by atoms with Crippen molar-refractivity contribution in [2.24, 2.45) is 0 Å². The van der Waals surface area contributed by atoms with Crippen LogP contribution in [0.4, 0.5) is 14.9 Å². The van der Waals surface area contributed by atoms with Crippen molar-refractivity contribution in [2.75, 3.05) is 11.4 Å². The van der Waals surface area contributed by atoms with Crippen molar-refractivity contribution < 1.29 is 13.9 Å². The molecule has 0 saturated carbocycles. The van der Waals surface area contributed by atoms with Gasteiger partial charge in [0.15, 0.2) is 0 Å². The molecule has 1 aliphatic heterocycles. The molecule has 1 atom stereocenters. The zero-order valence-electron chi connectivity index (χ0n) is 8.69. The van der Waals surface area contributed by atoms with E-state index in [0.29, 0.717) is 5.69 Å². The fraction of sp³-hybridized carbons (Fsp3) is 0.273. The second-order valence-electron chi connectivity index (χ2n) is 3.58. The molecule has 1 aliphatic rings. The van der Waals surface area contributed by atoms with Gasteiger partial charge in [-0.15, -0.1) is 0 Å². The van der Waals surface area contributed by atoms with Crippen molar-refractivity contribution in [1.29, 1.82) is 5.26 Å². The molecular weight excluding hydrogens is 247 g/mol. The normalized spacial score (nSPS) is 19.0. The SMILES string of the molecule is N#CCC1CN(c2ccc(F)c(Cl)c2)C(=O)O1. The van der Waals surface area contributed by atoms with Crippen molar-refractivity contribution in [2.45, 2.75) is 12.5 Å². The lowest BCUT2D eigenvalue weighted by Gasteiger charge is -2.12. The Labute approximate surface area is 102 Å². The van der Waals surface area contributed by atoms with Crippen LogP contribution in [0.15, 0.2) is 18.2 Å². The number of ether oxygens (including phenoxy) is 1. The van der Waals surface area contributed by atoms with Gasteiger partial charge in [0.25, 0.3) is 0 Å². The van der Waals surface area contributed by atoms with Crippen molar-refractivity contribution in [3.8, 4) is 6.07 Å². The number of anilines is 1. The Morgan fingerprint density at radius 1 is 1.65 bits per heavy atom. The fourth-order valence-electron chi connectivity index (χ4n) is 1.59. The van der Waals surface area contributed by atoms with Crippen LogP contribution in [0.2, 0.25) is 5.02 Å². The Morgan fingerprint density at radius 3 is 3.06 bits per heavy atom. The average molecular weight is 255 g/mol. The number of carbonyl (C=O) groups excluding carboxylic acids is 1. The van der Waals surface area contributed by atoms with Gasteiger partial charge in [-0.3, -0.25) is 4.90 Å². The topological polar surface area (TPSA) is 53.3 Å². The molecule has 1 saturated heterocycles. The van der Waals surface area contributed by atoms with E-state index in [1.165, 1.54) is 23.1 Å². The molecule has 1 amide bonds. The van der Waals surface area contributed by atoms with E-state index in [-0.39, 0.29) is 18.0 Å². The van der Waals surface area contributed by atoms with E-state index in [9.17, 15) is 9.18 Å². The molecule has 2 rings (SSSR count). The van der Waals surface area contributed by atoms with E-state index in [4.69, 9.17) is 21.6 Å². The Kier molecular flexibility index (Phi) is 3.16. The second kappa shape index (κ2) is 4.60. The summed E-state index contributed by atoms with van der Waals surface area (Å²) in [5.74, 6) is -0.545. The molecule has 0 radical (unpaired) electrons. The van der Waals surface area contributed by atoms with Crippen molar-refractivity contribution >= 4 is 23.4 Å². The number of halogens is 2. The number of amides is 1. The monoisotopic (exact) mass is 254 g/mol. The first-order valence-corrected chi connectivity index (χ1v) is 5.30. The molecule has 17 heavy (non-hydrogen) atoms. The minimum absolute atomic E-state index is 0.0565. The van der Waals surface area contributed by atoms with Crippen LogP contribution in [0.3, 0.4) is 0 Å². The number of carbonyl (C=O) groups is 1. The Hall–Kier alpha value is -1.80. The average Bonchev–Trinajstić information content (AvgIpc) is 2.64. The zero-order valence-corrected chi connectivity index (χ0v) is 9.45. The number of cyclic esters (lactones) is 1. The van der Waals surface area contributed by atoms with Crippen LogP contribution in [-0.4, -0.2) is 18.7 Å². The first-order chi connectivity index (χ1) is 8.11. The van der Waals surface area contributed by atoms with E-state index in [1.54, 1.807) is 0 Å². The zero-order chi connectivity index (χ0) is 12.4. The maximum Gasteiger partial charge on any atom is 0.414 e. The first kappa shape index (κ1) is 11.7. The highest BCUT2D eigenvalue weighted by Crippen LogP contribution is 2.26. The first-order valence-electron chi connectivity index (χ1n) is 4.92. The molecule has 1 unspecified atom stereocenters. The Morgan fingerprint density at radius 2 is 2.41 bits per heavy atom.